The SMILES string of the molecule is O=C(Nc1ccc(NC(=O)C2CCCC2)cc1)C1CCCCC1. The quantitative estimate of drug-likeness (QED) is 0.869. The first kappa shape index (κ1) is 16.0. The van der Waals surface area contributed by atoms with Gasteiger partial charge < -0.3 is 10.6 Å². The first-order chi connectivity index (χ1) is 11.2. The highest BCUT2D eigenvalue weighted by Crippen LogP contribution is 2.27. The van der Waals surface area contributed by atoms with Gasteiger partial charge in [0.25, 0.3) is 0 Å². The molecular weight excluding hydrogens is 288 g/mol. The zero-order valence-electron chi connectivity index (χ0n) is 13.6. The molecule has 124 valence electrons. The van der Waals surface area contributed by atoms with E-state index in [1.165, 1.54) is 6.42 Å². The van der Waals surface area contributed by atoms with E-state index in [1.807, 2.05) is 24.3 Å². The average molecular weight is 314 g/mol. The summed E-state index contributed by atoms with van der Waals surface area (Å²) in [5.74, 6) is 0.583. The molecule has 0 spiro atoms. The van der Waals surface area contributed by atoms with Crippen molar-refractivity contribution in [2.75, 3.05) is 10.6 Å². The van der Waals surface area contributed by atoms with Gasteiger partial charge in [-0.05, 0) is 49.9 Å². The molecule has 2 fully saturated rings. The Morgan fingerprint density at radius 2 is 1.00 bits per heavy atom. The molecule has 2 N–H and O–H groups in total. The van der Waals surface area contributed by atoms with E-state index in [9.17, 15) is 9.59 Å². The predicted molar refractivity (Wildman–Crippen MR) is 92.2 cm³/mol. The Kier molecular flexibility index (Phi) is 5.31. The van der Waals surface area contributed by atoms with Crippen molar-refractivity contribution in [1.29, 1.82) is 0 Å². The topological polar surface area (TPSA) is 58.2 Å². The summed E-state index contributed by atoms with van der Waals surface area (Å²) < 4.78 is 0. The van der Waals surface area contributed by atoms with E-state index in [4.69, 9.17) is 0 Å². The van der Waals surface area contributed by atoms with Crippen molar-refractivity contribution in [1.82, 2.24) is 0 Å². The lowest BCUT2D eigenvalue weighted by Crippen LogP contribution is -2.24. The highest BCUT2D eigenvalue weighted by atomic mass is 16.2. The number of rotatable bonds is 4. The summed E-state index contributed by atoms with van der Waals surface area (Å²) in [4.78, 5) is 24.3. The molecule has 0 saturated heterocycles. The average Bonchev–Trinajstić information content (AvgIpc) is 3.12. The van der Waals surface area contributed by atoms with Crippen LogP contribution in [0.1, 0.15) is 57.8 Å². The van der Waals surface area contributed by atoms with Gasteiger partial charge in [0.15, 0.2) is 0 Å². The lowest BCUT2D eigenvalue weighted by molar-refractivity contribution is -0.121. The largest absolute Gasteiger partial charge is 0.326 e. The van der Waals surface area contributed by atoms with Crippen molar-refractivity contribution in [3.05, 3.63) is 24.3 Å². The van der Waals surface area contributed by atoms with Crippen LogP contribution in [0.5, 0.6) is 0 Å². The van der Waals surface area contributed by atoms with E-state index in [2.05, 4.69) is 10.6 Å². The number of nitrogens with one attached hydrogen (secondary N) is 2. The maximum Gasteiger partial charge on any atom is 0.227 e. The number of hydrogen-bond donors (Lipinski definition) is 2. The maximum absolute atomic E-state index is 12.2. The number of carbonyl (C=O) groups is 2. The summed E-state index contributed by atoms with van der Waals surface area (Å²) in [6.45, 7) is 0. The molecule has 0 bridgehead atoms. The van der Waals surface area contributed by atoms with Crippen LogP contribution < -0.4 is 10.6 Å². The predicted octanol–water partition coefficient (Wildman–Crippen LogP) is 4.33. The lowest BCUT2D eigenvalue weighted by atomic mass is 9.88. The van der Waals surface area contributed by atoms with Crippen molar-refractivity contribution in [2.45, 2.75) is 57.8 Å². The van der Waals surface area contributed by atoms with Crippen LogP contribution in [0.2, 0.25) is 0 Å². The fraction of sp³-hybridized carbons (Fsp3) is 0.579. The highest BCUT2D eigenvalue weighted by molar-refractivity contribution is 5.94. The molecule has 1 aromatic rings. The second kappa shape index (κ2) is 7.62. The molecule has 2 saturated carbocycles. The summed E-state index contributed by atoms with van der Waals surface area (Å²) in [6, 6.07) is 7.46. The van der Waals surface area contributed by atoms with Gasteiger partial charge in [-0.25, -0.2) is 0 Å². The molecule has 2 amide bonds. The Balaban J connectivity index is 1.52. The molecule has 0 aromatic heterocycles. The van der Waals surface area contributed by atoms with Gasteiger partial charge in [0.05, 0.1) is 0 Å². The maximum atomic E-state index is 12.2. The highest BCUT2D eigenvalue weighted by Gasteiger charge is 2.23. The fourth-order valence-corrected chi connectivity index (χ4v) is 3.68. The molecule has 0 atom stereocenters. The number of amides is 2. The summed E-state index contributed by atoms with van der Waals surface area (Å²) in [6.07, 6.45) is 9.88. The van der Waals surface area contributed by atoms with E-state index in [0.29, 0.717) is 0 Å². The third-order valence-corrected chi connectivity index (χ3v) is 5.12. The van der Waals surface area contributed by atoms with Crippen LogP contribution in [0.15, 0.2) is 24.3 Å². The minimum absolute atomic E-state index is 0.126. The van der Waals surface area contributed by atoms with Crippen LogP contribution >= 0.6 is 0 Å². The number of hydrogen-bond acceptors (Lipinski definition) is 2. The molecule has 23 heavy (non-hydrogen) atoms. The zero-order valence-corrected chi connectivity index (χ0v) is 13.6. The third kappa shape index (κ3) is 4.34. The van der Waals surface area contributed by atoms with Crippen molar-refractivity contribution < 1.29 is 9.59 Å². The smallest absolute Gasteiger partial charge is 0.227 e. The second-order valence-electron chi connectivity index (χ2n) is 6.87. The Bertz CT molecular complexity index is 541. The van der Waals surface area contributed by atoms with Crippen molar-refractivity contribution in [2.24, 2.45) is 11.8 Å². The number of anilines is 2. The van der Waals surface area contributed by atoms with Gasteiger partial charge in [-0.2, -0.15) is 0 Å². The molecule has 3 rings (SSSR count). The number of benzene rings is 1. The van der Waals surface area contributed by atoms with Gasteiger partial charge in [-0.15, -0.1) is 0 Å². The standard InChI is InChI=1S/C19H26N2O2/c22-18(14-6-2-1-3-7-14)20-16-10-12-17(13-11-16)21-19(23)15-8-4-5-9-15/h10-15H,1-9H2,(H,20,22)(H,21,23). The Labute approximate surface area is 138 Å². The lowest BCUT2D eigenvalue weighted by Gasteiger charge is -2.20. The molecule has 0 unspecified atom stereocenters. The molecule has 0 radical (unpaired) electrons. The van der Waals surface area contributed by atoms with Crippen LogP contribution in [0.3, 0.4) is 0 Å². The summed E-state index contributed by atoms with van der Waals surface area (Å²) >= 11 is 0. The van der Waals surface area contributed by atoms with E-state index in [1.54, 1.807) is 0 Å². The van der Waals surface area contributed by atoms with Gasteiger partial charge >= 0.3 is 0 Å². The second-order valence-corrected chi connectivity index (χ2v) is 6.87. The first-order valence-electron chi connectivity index (χ1n) is 8.94. The fourth-order valence-electron chi connectivity index (χ4n) is 3.68. The molecule has 2 aliphatic rings. The Hall–Kier alpha value is -1.84. The van der Waals surface area contributed by atoms with Crippen LogP contribution in [-0.4, -0.2) is 11.8 Å². The van der Waals surface area contributed by atoms with E-state index < -0.39 is 0 Å². The molecule has 2 aliphatic carbocycles. The molecule has 4 nitrogen and oxygen atoms in total. The van der Waals surface area contributed by atoms with Crippen LogP contribution in [0.25, 0.3) is 0 Å². The molecule has 1 aromatic carbocycles. The van der Waals surface area contributed by atoms with E-state index >= 15 is 0 Å². The molecule has 0 heterocycles. The van der Waals surface area contributed by atoms with Gasteiger partial charge in [0.2, 0.25) is 11.8 Å². The van der Waals surface area contributed by atoms with Crippen LogP contribution in [-0.2, 0) is 9.59 Å². The van der Waals surface area contributed by atoms with E-state index in [-0.39, 0.29) is 23.7 Å². The van der Waals surface area contributed by atoms with E-state index in [0.717, 1.165) is 62.7 Å². The molecular formula is C19H26N2O2. The normalized spacial score (nSPS) is 19.5. The monoisotopic (exact) mass is 314 g/mol. The van der Waals surface area contributed by atoms with Gasteiger partial charge in [-0.3, -0.25) is 9.59 Å². The van der Waals surface area contributed by atoms with Crippen LogP contribution in [0, 0.1) is 11.8 Å². The summed E-state index contributed by atoms with van der Waals surface area (Å²) in [5, 5.41) is 5.97. The summed E-state index contributed by atoms with van der Waals surface area (Å²) in [7, 11) is 0. The molecule has 0 aliphatic heterocycles. The van der Waals surface area contributed by atoms with Crippen molar-refractivity contribution in [3.63, 3.8) is 0 Å². The zero-order chi connectivity index (χ0) is 16.1. The van der Waals surface area contributed by atoms with Crippen LogP contribution in [0.4, 0.5) is 11.4 Å². The Morgan fingerprint density at radius 1 is 0.652 bits per heavy atom. The Morgan fingerprint density at radius 3 is 1.39 bits per heavy atom. The first-order valence-corrected chi connectivity index (χ1v) is 8.94. The third-order valence-electron chi connectivity index (χ3n) is 5.12. The minimum atomic E-state index is 0.126. The minimum Gasteiger partial charge on any atom is -0.326 e. The summed E-state index contributed by atoms with van der Waals surface area (Å²) in [5.41, 5.74) is 1.61. The van der Waals surface area contributed by atoms with Gasteiger partial charge in [-0.1, -0.05) is 32.1 Å². The molecule has 4 heteroatoms. The number of carbonyl (C=O) groups excluding carboxylic acids is 2. The van der Waals surface area contributed by atoms with Gasteiger partial charge in [0.1, 0.15) is 0 Å². The van der Waals surface area contributed by atoms with Crippen molar-refractivity contribution in [3.8, 4) is 0 Å². The van der Waals surface area contributed by atoms with Crippen molar-refractivity contribution >= 4 is 23.2 Å². The van der Waals surface area contributed by atoms with Gasteiger partial charge in [0, 0.05) is 23.2 Å².